The highest BCUT2D eigenvalue weighted by atomic mass is 19.1. The molecule has 0 saturated heterocycles. The van der Waals surface area contributed by atoms with Crippen molar-refractivity contribution in [1.29, 1.82) is 0 Å². The molecule has 8 heteroatoms. The van der Waals surface area contributed by atoms with Crippen molar-refractivity contribution in [3.05, 3.63) is 67.8 Å². The highest BCUT2D eigenvalue weighted by Gasteiger charge is 2.14. The van der Waals surface area contributed by atoms with Crippen LogP contribution in [0.15, 0.2) is 38.3 Å². The Bertz CT molecular complexity index is 1010. The van der Waals surface area contributed by atoms with Gasteiger partial charge in [-0.15, -0.1) is 0 Å². The van der Waals surface area contributed by atoms with Crippen molar-refractivity contribution in [2.75, 3.05) is 0 Å². The summed E-state index contributed by atoms with van der Waals surface area (Å²) in [6, 6.07) is 4.32. The first-order valence-electron chi connectivity index (χ1n) is 7.12. The van der Waals surface area contributed by atoms with Crippen LogP contribution >= 0.6 is 0 Å². The van der Waals surface area contributed by atoms with E-state index in [0.29, 0.717) is 12.0 Å². The summed E-state index contributed by atoms with van der Waals surface area (Å²) in [4.78, 5) is 29.9. The average Bonchev–Trinajstić information content (AvgIpc) is 2.53. The largest absolute Gasteiger partial charge is 0.460 e. The number of rotatable bonds is 4. The van der Waals surface area contributed by atoms with E-state index in [1.54, 1.807) is 6.92 Å². The topological polar surface area (TPSA) is 85.2 Å². The van der Waals surface area contributed by atoms with Gasteiger partial charge in [0.05, 0.1) is 5.56 Å². The zero-order chi connectivity index (χ0) is 17.3. The summed E-state index contributed by atoms with van der Waals surface area (Å²) in [6.45, 7) is 1.30. The zero-order valence-corrected chi connectivity index (χ0v) is 12.6. The molecule has 0 spiro atoms. The number of benzene rings is 1. The average molecular weight is 334 g/mol. The summed E-state index contributed by atoms with van der Waals surface area (Å²) in [5.41, 5.74) is -1.22. The van der Waals surface area contributed by atoms with E-state index in [2.05, 4.69) is 9.97 Å². The van der Waals surface area contributed by atoms with Crippen LogP contribution in [0.4, 0.5) is 8.78 Å². The van der Waals surface area contributed by atoms with E-state index in [9.17, 15) is 18.4 Å². The fraction of sp³-hybridized carbons (Fsp3) is 0.188. The molecule has 0 aliphatic carbocycles. The smallest absolute Gasteiger partial charge is 0.337 e. The van der Waals surface area contributed by atoms with Gasteiger partial charge in [-0.1, -0.05) is 13.0 Å². The quantitative estimate of drug-likeness (QED) is 0.791. The van der Waals surface area contributed by atoms with Crippen molar-refractivity contribution in [3.8, 4) is 6.01 Å². The highest BCUT2D eigenvalue weighted by molar-refractivity contribution is 5.75. The highest BCUT2D eigenvalue weighted by Crippen LogP contribution is 2.16. The lowest BCUT2D eigenvalue weighted by molar-refractivity contribution is 0.268. The number of hydrogen-bond acceptors (Lipinski definition) is 5. The van der Waals surface area contributed by atoms with Crippen molar-refractivity contribution in [2.24, 2.45) is 0 Å². The summed E-state index contributed by atoms with van der Waals surface area (Å²) in [6.07, 6.45) is 0.438. The van der Waals surface area contributed by atoms with Gasteiger partial charge in [0.1, 0.15) is 23.6 Å². The van der Waals surface area contributed by atoms with Gasteiger partial charge in [0.25, 0.3) is 11.6 Å². The second-order valence-corrected chi connectivity index (χ2v) is 4.98. The minimum Gasteiger partial charge on any atom is -0.460 e. The molecule has 6 nitrogen and oxygen atoms in total. The Kier molecular flexibility index (Phi) is 4.11. The van der Waals surface area contributed by atoms with E-state index in [0.717, 1.165) is 12.1 Å². The van der Waals surface area contributed by atoms with Crippen molar-refractivity contribution < 1.29 is 17.9 Å². The Morgan fingerprint density at radius 2 is 1.96 bits per heavy atom. The molecule has 0 fully saturated rings. The van der Waals surface area contributed by atoms with E-state index in [-0.39, 0.29) is 22.7 Å². The number of nitrogens with zero attached hydrogens (tertiary/aromatic N) is 1. The zero-order valence-electron chi connectivity index (χ0n) is 12.6. The minimum atomic E-state index is -0.780. The predicted molar refractivity (Wildman–Crippen MR) is 81.0 cm³/mol. The Morgan fingerprint density at radius 1 is 1.25 bits per heavy atom. The second-order valence-electron chi connectivity index (χ2n) is 4.98. The molecule has 24 heavy (non-hydrogen) atoms. The molecule has 1 aromatic carbocycles. The SMILES string of the molecule is CCc1cc(=O)oc2nc(OCc3c(F)cccc3F)[nH]c(=O)c12. The first-order valence-corrected chi connectivity index (χ1v) is 7.12. The summed E-state index contributed by atoms with van der Waals surface area (Å²) in [5.74, 6) is -1.56. The molecule has 0 saturated carbocycles. The predicted octanol–water partition coefficient (Wildman–Crippen LogP) is 2.30. The third kappa shape index (κ3) is 2.90. The first kappa shape index (κ1) is 15.9. The first-order chi connectivity index (χ1) is 11.5. The third-order valence-corrected chi connectivity index (χ3v) is 3.47. The number of ether oxygens (including phenoxy) is 1. The number of fused-ring (bicyclic) bond motifs is 1. The Balaban J connectivity index is 2.00. The minimum absolute atomic E-state index is 0.140. The molecule has 2 heterocycles. The molecule has 0 aliphatic heterocycles. The molecule has 3 aromatic rings. The van der Waals surface area contributed by atoms with Gasteiger partial charge in [-0.25, -0.2) is 13.6 Å². The normalized spacial score (nSPS) is 11.0. The number of nitrogens with one attached hydrogen (secondary N) is 1. The van der Waals surface area contributed by atoms with Crippen LogP contribution in [0, 0.1) is 11.6 Å². The van der Waals surface area contributed by atoms with Crippen LogP contribution < -0.4 is 15.9 Å². The Morgan fingerprint density at radius 3 is 2.62 bits per heavy atom. The standard InChI is InChI=1S/C16H12F2N2O4/c1-2-8-6-12(21)24-15-13(8)14(22)19-16(20-15)23-7-9-10(17)4-3-5-11(9)18/h3-6H,2,7H2,1H3,(H,19,20,22). The molecule has 0 aliphatic rings. The van der Waals surface area contributed by atoms with Gasteiger partial charge in [0.2, 0.25) is 5.71 Å². The molecule has 1 N–H and O–H groups in total. The lowest BCUT2D eigenvalue weighted by Crippen LogP contribution is -2.15. The molecule has 0 bridgehead atoms. The van der Waals surface area contributed by atoms with Crippen molar-refractivity contribution >= 4 is 11.1 Å². The van der Waals surface area contributed by atoms with E-state index >= 15 is 0 Å². The molecule has 0 radical (unpaired) electrons. The van der Waals surface area contributed by atoms with E-state index in [1.807, 2.05) is 0 Å². The van der Waals surface area contributed by atoms with E-state index < -0.39 is 29.4 Å². The Labute approximate surface area is 133 Å². The molecular weight excluding hydrogens is 322 g/mol. The Hall–Kier alpha value is -3.03. The lowest BCUT2D eigenvalue weighted by atomic mass is 10.1. The summed E-state index contributed by atoms with van der Waals surface area (Å²) in [7, 11) is 0. The third-order valence-electron chi connectivity index (χ3n) is 3.47. The van der Waals surface area contributed by atoms with Crippen LogP contribution in [0.1, 0.15) is 18.1 Å². The fourth-order valence-corrected chi connectivity index (χ4v) is 2.29. The number of aromatic nitrogens is 2. The van der Waals surface area contributed by atoms with Gasteiger partial charge in [-0.2, -0.15) is 4.98 Å². The van der Waals surface area contributed by atoms with E-state index in [4.69, 9.17) is 9.15 Å². The van der Waals surface area contributed by atoms with Gasteiger partial charge in [-0.05, 0) is 24.1 Å². The molecule has 124 valence electrons. The molecule has 0 atom stereocenters. The van der Waals surface area contributed by atoms with Crippen LogP contribution in [0.3, 0.4) is 0 Å². The number of aromatic amines is 1. The van der Waals surface area contributed by atoms with Gasteiger partial charge < -0.3 is 9.15 Å². The molecular formula is C16H12F2N2O4. The molecule has 0 unspecified atom stereocenters. The van der Waals surface area contributed by atoms with Crippen LogP contribution in [0.25, 0.3) is 11.1 Å². The maximum absolute atomic E-state index is 13.6. The maximum atomic E-state index is 13.6. The van der Waals surface area contributed by atoms with Crippen LogP contribution in [0.5, 0.6) is 6.01 Å². The lowest BCUT2D eigenvalue weighted by Gasteiger charge is -2.08. The number of halogens is 2. The van der Waals surface area contributed by atoms with Crippen LogP contribution in [-0.4, -0.2) is 9.97 Å². The van der Waals surface area contributed by atoms with Crippen LogP contribution in [0.2, 0.25) is 0 Å². The maximum Gasteiger partial charge on any atom is 0.337 e. The molecule has 0 amide bonds. The van der Waals surface area contributed by atoms with Gasteiger partial charge in [0, 0.05) is 6.07 Å². The van der Waals surface area contributed by atoms with Gasteiger partial charge in [-0.3, -0.25) is 9.78 Å². The number of H-pyrrole nitrogens is 1. The molecule has 2 aromatic heterocycles. The van der Waals surface area contributed by atoms with Gasteiger partial charge >= 0.3 is 5.63 Å². The second kappa shape index (κ2) is 6.23. The summed E-state index contributed by atoms with van der Waals surface area (Å²) in [5, 5.41) is 0.140. The van der Waals surface area contributed by atoms with Crippen molar-refractivity contribution in [3.63, 3.8) is 0 Å². The van der Waals surface area contributed by atoms with Crippen molar-refractivity contribution in [2.45, 2.75) is 20.0 Å². The molecule has 3 rings (SSSR count). The number of aryl methyl sites for hydroxylation is 1. The monoisotopic (exact) mass is 334 g/mol. The summed E-state index contributed by atoms with van der Waals surface area (Å²) >= 11 is 0. The van der Waals surface area contributed by atoms with Gasteiger partial charge in [0.15, 0.2) is 0 Å². The van der Waals surface area contributed by atoms with Crippen LogP contribution in [-0.2, 0) is 13.0 Å². The summed E-state index contributed by atoms with van der Waals surface area (Å²) < 4.78 is 37.2. The van der Waals surface area contributed by atoms with E-state index in [1.165, 1.54) is 12.1 Å². The van der Waals surface area contributed by atoms with Crippen molar-refractivity contribution in [1.82, 2.24) is 9.97 Å². The fourth-order valence-electron chi connectivity index (χ4n) is 2.29. The number of hydrogen-bond donors (Lipinski definition) is 1.